The van der Waals surface area contributed by atoms with Crippen molar-refractivity contribution in [3.63, 3.8) is 0 Å². The summed E-state index contributed by atoms with van der Waals surface area (Å²) in [5.74, 6) is 1.05. The number of nitrogens with zero attached hydrogens (tertiary/aromatic N) is 4. The molecule has 34 heavy (non-hydrogen) atoms. The van der Waals surface area contributed by atoms with Gasteiger partial charge in [-0.3, -0.25) is 9.47 Å². The van der Waals surface area contributed by atoms with Crippen LogP contribution in [-0.2, 0) is 16.3 Å². The fourth-order valence-corrected chi connectivity index (χ4v) is 6.66. The van der Waals surface area contributed by atoms with Crippen LogP contribution in [0.2, 0.25) is 10.0 Å². The van der Waals surface area contributed by atoms with Gasteiger partial charge >= 0.3 is 0 Å². The Kier molecular flexibility index (Phi) is 6.08. The van der Waals surface area contributed by atoms with Crippen molar-refractivity contribution in [2.75, 3.05) is 24.6 Å². The molecule has 180 valence electrons. The number of benzene rings is 2. The van der Waals surface area contributed by atoms with Crippen molar-refractivity contribution in [1.29, 1.82) is 0 Å². The van der Waals surface area contributed by atoms with Gasteiger partial charge in [0.05, 0.1) is 23.2 Å². The lowest BCUT2D eigenvalue weighted by atomic mass is 10.1. The molecule has 2 aliphatic rings. The Morgan fingerprint density at radius 2 is 1.74 bits per heavy atom. The molecule has 11 heteroatoms. The highest BCUT2D eigenvalue weighted by molar-refractivity contribution is 7.91. The number of aromatic nitrogens is 3. The number of halogens is 3. The molecule has 0 bridgehead atoms. The predicted molar refractivity (Wildman–Crippen MR) is 128 cm³/mol. The Morgan fingerprint density at radius 1 is 1.06 bits per heavy atom. The first-order chi connectivity index (χ1) is 16.1. The second kappa shape index (κ2) is 8.78. The van der Waals surface area contributed by atoms with E-state index in [-0.39, 0.29) is 23.3 Å². The first-order valence-electron chi connectivity index (χ1n) is 10.9. The highest BCUT2D eigenvalue weighted by Gasteiger charge is 2.41. The molecule has 3 aromatic rings. The minimum atomic E-state index is -3.05. The fourth-order valence-electron chi connectivity index (χ4n) is 4.84. The average molecular weight is 525 g/mol. The van der Waals surface area contributed by atoms with Gasteiger partial charge in [0.2, 0.25) is 0 Å². The summed E-state index contributed by atoms with van der Waals surface area (Å²) < 4.78 is 47.2. The van der Waals surface area contributed by atoms with Crippen LogP contribution in [0.15, 0.2) is 30.3 Å². The van der Waals surface area contributed by atoms with Crippen LogP contribution in [0.25, 0.3) is 5.69 Å². The lowest BCUT2D eigenvalue weighted by Gasteiger charge is -2.35. The molecule has 5 rings (SSSR count). The summed E-state index contributed by atoms with van der Waals surface area (Å²) in [6, 6.07) is 8.02. The zero-order chi connectivity index (χ0) is 24.2. The van der Waals surface area contributed by atoms with Crippen molar-refractivity contribution in [1.82, 2.24) is 19.7 Å². The summed E-state index contributed by atoms with van der Waals surface area (Å²) in [4.78, 5) is 2.09. The zero-order valence-corrected chi connectivity index (χ0v) is 21.0. The van der Waals surface area contributed by atoms with Gasteiger partial charge in [-0.1, -0.05) is 23.2 Å². The quantitative estimate of drug-likeness (QED) is 0.511. The van der Waals surface area contributed by atoms with E-state index in [1.165, 1.54) is 6.07 Å². The summed E-state index contributed by atoms with van der Waals surface area (Å²) in [6.45, 7) is 4.38. The van der Waals surface area contributed by atoms with E-state index in [4.69, 9.17) is 27.9 Å². The molecule has 1 aliphatic heterocycles. The number of hydrogen-bond donors (Lipinski definition) is 0. The van der Waals surface area contributed by atoms with Gasteiger partial charge in [-0.25, -0.2) is 12.8 Å². The van der Waals surface area contributed by atoms with Crippen LogP contribution < -0.4 is 4.74 Å². The van der Waals surface area contributed by atoms with E-state index in [9.17, 15) is 8.42 Å². The van der Waals surface area contributed by atoms with Crippen LogP contribution in [0.4, 0.5) is 4.39 Å². The molecule has 2 atom stereocenters. The van der Waals surface area contributed by atoms with Gasteiger partial charge in [-0.2, -0.15) is 0 Å². The summed E-state index contributed by atoms with van der Waals surface area (Å²) >= 11 is 12.8. The molecule has 1 fully saturated rings. The molecule has 1 saturated heterocycles. The van der Waals surface area contributed by atoms with Crippen molar-refractivity contribution in [2.45, 2.75) is 32.4 Å². The van der Waals surface area contributed by atoms with Gasteiger partial charge < -0.3 is 4.74 Å². The number of hydrogen-bond acceptors (Lipinski definition) is 6. The highest BCUT2D eigenvalue weighted by Crippen LogP contribution is 2.43. The van der Waals surface area contributed by atoms with Gasteiger partial charge in [0.25, 0.3) is 0 Å². The predicted octanol–water partition coefficient (Wildman–Crippen LogP) is 4.11. The van der Waals surface area contributed by atoms with Gasteiger partial charge in [0.1, 0.15) is 17.8 Å². The molecule has 1 aromatic heterocycles. The molecule has 0 N–H and O–H groups in total. The topological polar surface area (TPSA) is 77.3 Å². The van der Waals surface area contributed by atoms with E-state index >= 15 is 4.39 Å². The van der Waals surface area contributed by atoms with Gasteiger partial charge in [0, 0.05) is 34.8 Å². The van der Waals surface area contributed by atoms with Crippen molar-refractivity contribution in [2.24, 2.45) is 0 Å². The maximum Gasteiger partial charge on any atom is 0.167 e. The molecule has 2 aromatic carbocycles. The maximum atomic E-state index is 15.2. The Bertz CT molecular complexity index is 1350. The molecule has 2 unspecified atom stereocenters. The smallest absolute Gasteiger partial charge is 0.167 e. The third-order valence-corrected chi connectivity index (χ3v) is 8.69. The van der Waals surface area contributed by atoms with Crippen molar-refractivity contribution < 1.29 is 17.5 Å². The minimum absolute atomic E-state index is 0.0851. The number of aryl methyl sites for hydroxylation is 2. The molecule has 0 saturated carbocycles. The summed E-state index contributed by atoms with van der Waals surface area (Å²) in [5, 5.41) is 9.05. The van der Waals surface area contributed by atoms with Crippen LogP contribution >= 0.6 is 23.2 Å². The molecular weight excluding hydrogens is 502 g/mol. The molecule has 2 heterocycles. The van der Waals surface area contributed by atoms with E-state index in [0.29, 0.717) is 46.9 Å². The average Bonchev–Trinajstić information content (AvgIpc) is 3.29. The van der Waals surface area contributed by atoms with Crippen LogP contribution in [0.5, 0.6) is 5.75 Å². The van der Waals surface area contributed by atoms with Gasteiger partial charge in [-0.15, -0.1) is 10.2 Å². The molecule has 0 spiro atoms. The fraction of sp³-hybridized carbons (Fsp3) is 0.391. The Hall–Kier alpha value is -2.20. The van der Waals surface area contributed by atoms with Crippen LogP contribution in [0.1, 0.15) is 28.9 Å². The first-order valence-corrected chi connectivity index (χ1v) is 13.5. The number of ether oxygens (including phenoxy) is 1. The summed E-state index contributed by atoms with van der Waals surface area (Å²) in [5.41, 5.74) is 2.28. The molecule has 1 aliphatic carbocycles. The molecule has 7 nitrogen and oxygen atoms in total. The van der Waals surface area contributed by atoms with E-state index in [2.05, 4.69) is 15.1 Å². The maximum absolute atomic E-state index is 15.2. The third kappa shape index (κ3) is 4.30. The van der Waals surface area contributed by atoms with Gasteiger partial charge in [-0.05, 0) is 50.1 Å². The Labute approximate surface area is 207 Å². The van der Waals surface area contributed by atoms with Gasteiger partial charge in [0.15, 0.2) is 21.4 Å². The molecular formula is C23H23Cl2FN4O3S. The number of fused-ring (bicyclic) bond motifs is 1. The lowest BCUT2D eigenvalue weighted by Crippen LogP contribution is -2.48. The number of sulfone groups is 1. The van der Waals surface area contributed by atoms with E-state index in [1.807, 2.05) is 0 Å². The zero-order valence-electron chi connectivity index (χ0n) is 18.6. The second-order valence-electron chi connectivity index (χ2n) is 8.70. The van der Waals surface area contributed by atoms with E-state index in [0.717, 1.165) is 11.1 Å². The third-order valence-electron chi connectivity index (χ3n) is 6.53. The van der Waals surface area contributed by atoms with Crippen molar-refractivity contribution in [3.05, 3.63) is 69.0 Å². The monoisotopic (exact) mass is 524 g/mol. The Balaban J connectivity index is 1.49. The second-order valence-corrected chi connectivity index (χ2v) is 11.8. The van der Waals surface area contributed by atoms with E-state index < -0.39 is 21.8 Å². The SMILES string of the molecule is Cc1nnc(C)n1-c1ccc(OC2c3cc(Cl)cc(Cl)c3CC2N2CCS(=O)(=O)CC2)c(F)c1. The normalized spacial score (nSPS) is 22.0. The molecule has 0 amide bonds. The highest BCUT2D eigenvalue weighted by atomic mass is 35.5. The van der Waals surface area contributed by atoms with Crippen molar-refractivity contribution >= 4 is 33.0 Å². The van der Waals surface area contributed by atoms with Crippen LogP contribution in [-0.4, -0.2) is 58.7 Å². The summed E-state index contributed by atoms with van der Waals surface area (Å²) in [7, 11) is -3.05. The minimum Gasteiger partial charge on any atom is -0.481 e. The molecule has 0 radical (unpaired) electrons. The summed E-state index contributed by atoms with van der Waals surface area (Å²) in [6.07, 6.45) is 0.0141. The lowest BCUT2D eigenvalue weighted by molar-refractivity contribution is 0.0804. The first kappa shape index (κ1) is 23.5. The standard InChI is InChI=1S/C23H23Cl2FN4O3S/c1-13-27-28-14(2)30(13)16-3-4-22(20(26)11-16)33-23-18-9-15(24)10-19(25)17(18)12-21(23)29-5-7-34(31,32)8-6-29/h3-4,9-11,21,23H,5-8,12H2,1-2H3. The van der Waals surface area contributed by atoms with Crippen LogP contribution in [0.3, 0.4) is 0 Å². The van der Waals surface area contributed by atoms with Crippen molar-refractivity contribution in [3.8, 4) is 11.4 Å². The van der Waals surface area contributed by atoms with E-state index in [1.54, 1.807) is 42.7 Å². The van der Waals surface area contributed by atoms with Crippen LogP contribution in [0, 0.1) is 19.7 Å². The largest absolute Gasteiger partial charge is 0.481 e. The number of rotatable bonds is 4. The Morgan fingerprint density at radius 3 is 2.38 bits per heavy atom.